The van der Waals surface area contributed by atoms with Crippen LogP contribution in [0.1, 0.15) is 12.8 Å². The molecule has 1 saturated heterocycles. The first-order chi connectivity index (χ1) is 12.4. The van der Waals surface area contributed by atoms with Gasteiger partial charge in [0.1, 0.15) is 5.82 Å². The normalized spacial score (nSPS) is 18.5. The van der Waals surface area contributed by atoms with Gasteiger partial charge in [-0.15, -0.1) is 0 Å². The van der Waals surface area contributed by atoms with Crippen molar-refractivity contribution in [2.75, 3.05) is 18.4 Å². The Hall–Kier alpha value is -1.96. The molecule has 0 spiro atoms. The van der Waals surface area contributed by atoms with Crippen molar-refractivity contribution in [2.45, 2.75) is 17.7 Å². The highest BCUT2D eigenvalue weighted by molar-refractivity contribution is 7.89. The van der Waals surface area contributed by atoms with Gasteiger partial charge in [0, 0.05) is 13.1 Å². The topological polar surface area (TPSA) is 66.5 Å². The van der Waals surface area contributed by atoms with E-state index >= 15 is 0 Å². The minimum atomic E-state index is -3.77. The van der Waals surface area contributed by atoms with E-state index in [0.717, 1.165) is 12.1 Å². The molecule has 1 fully saturated rings. The maximum absolute atomic E-state index is 13.1. The van der Waals surface area contributed by atoms with Crippen molar-refractivity contribution in [2.24, 2.45) is 5.92 Å². The highest BCUT2D eigenvalue weighted by Gasteiger charge is 2.33. The van der Waals surface area contributed by atoms with Crippen molar-refractivity contribution in [3.8, 4) is 0 Å². The van der Waals surface area contributed by atoms with E-state index in [9.17, 15) is 17.6 Å². The Bertz CT molecular complexity index is 903. The van der Waals surface area contributed by atoms with Gasteiger partial charge in [0.05, 0.1) is 21.5 Å². The van der Waals surface area contributed by atoms with Crippen LogP contribution < -0.4 is 5.32 Å². The molecule has 0 bridgehead atoms. The van der Waals surface area contributed by atoms with Gasteiger partial charge in [-0.2, -0.15) is 4.31 Å². The number of hydrogen-bond acceptors (Lipinski definition) is 3. The predicted molar refractivity (Wildman–Crippen MR) is 98.0 cm³/mol. The summed E-state index contributed by atoms with van der Waals surface area (Å²) in [5.74, 6) is -1.24. The van der Waals surface area contributed by atoms with E-state index in [1.807, 2.05) is 0 Å². The molecule has 138 valence electrons. The number of sulfonamides is 1. The van der Waals surface area contributed by atoms with E-state index in [1.165, 1.54) is 16.4 Å². The SMILES string of the molecule is O=C(Nc1ccccc1Cl)[C@@H]1CCCN(S(=O)(=O)c2ccc(F)cc2)C1. The van der Waals surface area contributed by atoms with Crippen LogP contribution in [0.5, 0.6) is 0 Å². The van der Waals surface area contributed by atoms with Crippen molar-refractivity contribution in [3.63, 3.8) is 0 Å². The summed E-state index contributed by atoms with van der Waals surface area (Å²) in [6.07, 6.45) is 1.16. The molecule has 1 N–H and O–H groups in total. The third kappa shape index (κ3) is 4.06. The standard InChI is InChI=1S/C18H18ClFN2O3S/c19-16-5-1-2-6-17(16)21-18(23)13-4-3-11-22(12-13)26(24,25)15-9-7-14(20)8-10-15/h1-2,5-10,13H,3-4,11-12H2,(H,21,23)/t13-/m1/s1. The van der Waals surface area contributed by atoms with Gasteiger partial charge >= 0.3 is 0 Å². The molecule has 1 amide bonds. The third-order valence-corrected chi connectivity index (χ3v) is 6.55. The highest BCUT2D eigenvalue weighted by atomic mass is 35.5. The van der Waals surface area contributed by atoms with E-state index in [-0.39, 0.29) is 17.3 Å². The van der Waals surface area contributed by atoms with Crippen LogP contribution in [0.4, 0.5) is 10.1 Å². The van der Waals surface area contributed by atoms with Gasteiger partial charge in [0.25, 0.3) is 0 Å². The van der Waals surface area contributed by atoms with Crippen molar-refractivity contribution >= 4 is 33.2 Å². The van der Waals surface area contributed by atoms with Crippen molar-refractivity contribution in [1.82, 2.24) is 4.31 Å². The maximum Gasteiger partial charge on any atom is 0.243 e. The molecule has 8 heteroatoms. The summed E-state index contributed by atoms with van der Waals surface area (Å²) >= 11 is 6.05. The molecular weight excluding hydrogens is 379 g/mol. The van der Waals surface area contributed by atoms with E-state index in [4.69, 9.17) is 11.6 Å². The zero-order valence-electron chi connectivity index (χ0n) is 13.9. The molecule has 5 nitrogen and oxygen atoms in total. The van der Waals surface area contributed by atoms with E-state index in [2.05, 4.69) is 5.32 Å². The lowest BCUT2D eigenvalue weighted by Crippen LogP contribution is -2.43. The molecular formula is C18H18ClFN2O3S. The number of carbonyl (C=O) groups excluding carboxylic acids is 1. The molecule has 2 aromatic carbocycles. The Balaban J connectivity index is 1.73. The first kappa shape index (κ1) is 18.8. The lowest BCUT2D eigenvalue weighted by Gasteiger charge is -2.31. The number of amides is 1. The number of para-hydroxylation sites is 1. The van der Waals surface area contributed by atoms with Crippen molar-refractivity contribution in [3.05, 3.63) is 59.4 Å². The van der Waals surface area contributed by atoms with Gasteiger partial charge in [-0.05, 0) is 49.2 Å². The Kier molecular flexibility index (Phi) is 5.60. The molecule has 1 aliphatic rings. The molecule has 3 rings (SSSR count). The number of nitrogens with zero attached hydrogens (tertiary/aromatic N) is 1. The summed E-state index contributed by atoms with van der Waals surface area (Å²) in [7, 11) is -3.77. The number of carbonyl (C=O) groups is 1. The summed E-state index contributed by atoms with van der Waals surface area (Å²) in [6.45, 7) is 0.408. The predicted octanol–water partition coefficient (Wildman–Crippen LogP) is 3.52. The Morgan fingerprint density at radius 1 is 1.15 bits per heavy atom. The van der Waals surface area contributed by atoms with Gasteiger partial charge in [-0.1, -0.05) is 23.7 Å². The molecule has 0 aromatic heterocycles. The first-order valence-electron chi connectivity index (χ1n) is 8.19. The number of piperidine rings is 1. The average Bonchev–Trinajstić information content (AvgIpc) is 2.64. The average molecular weight is 397 g/mol. The molecule has 0 radical (unpaired) electrons. The Morgan fingerprint density at radius 2 is 1.85 bits per heavy atom. The van der Waals surface area contributed by atoms with Crippen LogP contribution in [-0.4, -0.2) is 31.7 Å². The zero-order chi connectivity index (χ0) is 18.7. The number of nitrogens with one attached hydrogen (secondary N) is 1. The van der Waals surface area contributed by atoms with Gasteiger partial charge in [-0.3, -0.25) is 4.79 Å². The first-order valence-corrected chi connectivity index (χ1v) is 10.0. The lowest BCUT2D eigenvalue weighted by molar-refractivity contribution is -0.120. The molecule has 26 heavy (non-hydrogen) atoms. The highest BCUT2D eigenvalue weighted by Crippen LogP contribution is 2.26. The smallest absolute Gasteiger partial charge is 0.243 e. The van der Waals surface area contributed by atoms with Crippen molar-refractivity contribution < 1.29 is 17.6 Å². The van der Waals surface area contributed by atoms with E-state index in [0.29, 0.717) is 30.1 Å². The summed E-state index contributed by atoms with van der Waals surface area (Å²) in [6, 6.07) is 11.6. The van der Waals surface area contributed by atoms with Crippen LogP contribution in [0, 0.1) is 11.7 Å². The molecule has 1 heterocycles. The molecule has 0 aliphatic carbocycles. The fourth-order valence-electron chi connectivity index (χ4n) is 2.93. The van der Waals surface area contributed by atoms with E-state index < -0.39 is 21.8 Å². The van der Waals surface area contributed by atoms with Crippen LogP contribution in [0.2, 0.25) is 5.02 Å². The molecule has 2 aromatic rings. The molecule has 0 unspecified atom stereocenters. The number of anilines is 1. The summed E-state index contributed by atoms with van der Waals surface area (Å²) in [4.78, 5) is 12.6. The second kappa shape index (κ2) is 7.73. The second-order valence-corrected chi connectivity index (χ2v) is 8.47. The van der Waals surface area contributed by atoms with Crippen molar-refractivity contribution in [1.29, 1.82) is 0 Å². The number of hydrogen-bond donors (Lipinski definition) is 1. The summed E-state index contributed by atoms with van der Waals surface area (Å²) in [5, 5.41) is 3.18. The lowest BCUT2D eigenvalue weighted by atomic mass is 9.99. The fraction of sp³-hybridized carbons (Fsp3) is 0.278. The Labute approximate surface area is 156 Å². The summed E-state index contributed by atoms with van der Waals surface area (Å²) in [5.41, 5.74) is 0.498. The quantitative estimate of drug-likeness (QED) is 0.859. The van der Waals surface area contributed by atoms with Gasteiger partial charge in [0.2, 0.25) is 15.9 Å². The van der Waals surface area contributed by atoms with Crippen LogP contribution in [0.3, 0.4) is 0 Å². The molecule has 0 saturated carbocycles. The van der Waals surface area contributed by atoms with Gasteiger partial charge < -0.3 is 5.32 Å². The van der Waals surface area contributed by atoms with Gasteiger partial charge in [0.15, 0.2) is 0 Å². The number of benzene rings is 2. The van der Waals surface area contributed by atoms with Crippen LogP contribution in [0.15, 0.2) is 53.4 Å². The van der Waals surface area contributed by atoms with E-state index in [1.54, 1.807) is 24.3 Å². The second-order valence-electron chi connectivity index (χ2n) is 6.13. The monoisotopic (exact) mass is 396 g/mol. The number of halogens is 2. The summed E-state index contributed by atoms with van der Waals surface area (Å²) < 4.78 is 39.8. The van der Waals surface area contributed by atoms with Crippen LogP contribution >= 0.6 is 11.6 Å². The molecule has 1 aliphatic heterocycles. The fourth-order valence-corrected chi connectivity index (χ4v) is 4.63. The zero-order valence-corrected chi connectivity index (χ0v) is 15.4. The minimum Gasteiger partial charge on any atom is -0.324 e. The van der Waals surface area contributed by atoms with Crippen LogP contribution in [0.25, 0.3) is 0 Å². The largest absolute Gasteiger partial charge is 0.324 e. The molecule has 1 atom stereocenters. The third-order valence-electron chi connectivity index (χ3n) is 4.34. The minimum absolute atomic E-state index is 0.0195. The maximum atomic E-state index is 13.1. The van der Waals surface area contributed by atoms with Crippen LogP contribution in [-0.2, 0) is 14.8 Å². The number of rotatable bonds is 4. The Morgan fingerprint density at radius 3 is 2.54 bits per heavy atom. The van der Waals surface area contributed by atoms with Gasteiger partial charge in [-0.25, -0.2) is 12.8 Å².